The van der Waals surface area contributed by atoms with Crippen LogP contribution in [0.1, 0.15) is 18.5 Å². The van der Waals surface area contributed by atoms with Crippen molar-refractivity contribution in [2.45, 2.75) is 19.0 Å². The van der Waals surface area contributed by atoms with Crippen LogP contribution in [0.3, 0.4) is 0 Å². The number of thioether (sulfide) groups is 1. The molecule has 0 spiro atoms. The number of imide groups is 1. The van der Waals surface area contributed by atoms with Gasteiger partial charge in [-0.05, 0) is 36.7 Å². The first kappa shape index (κ1) is 14.0. The Morgan fingerprint density at radius 1 is 1.48 bits per heavy atom. The predicted molar refractivity (Wildman–Crippen MR) is 77.5 cm³/mol. The smallest absolute Gasteiger partial charge is 0.290 e. The quantitative estimate of drug-likeness (QED) is 0.839. The van der Waals surface area contributed by atoms with E-state index in [4.69, 9.17) is 0 Å². The summed E-state index contributed by atoms with van der Waals surface area (Å²) in [7, 11) is 0. The maximum atomic E-state index is 13.4. The van der Waals surface area contributed by atoms with Gasteiger partial charge in [-0.3, -0.25) is 14.9 Å². The lowest BCUT2D eigenvalue weighted by molar-refractivity contribution is -0.115. The standard InChI is InChI=1S/C13H13FN4O2S/c14-8-2-1-5-18(7-8)12-15-4-3-9(16-12)6-10-11(19)17-13(20)21-10/h3-4,6,8H,1-2,5,7H2,(H,17,19,20)/b10-6+. The highest BCUT2D eigenvalue weighted by atomic mass is 32.2. The number of rotatable bonds is 2. The second-order valence-corrected chi connectivity index (χ2v) is 5.83. The maximum Gasteiger partial charge on any atom is 0.290 e. The van der Waals surface area contributed by atoms with Gasteiger partial charge in [-0.25, -0.2) is 14.4 Å². The Balaban J connectivity index is 1.82. The molecule has 1 atom stereocenters. The Morgan fingerprint density at radius 3 is 3.05 bits per heavy atom. The third kappa shape index (κ3) is 3.21. The van der Waals surface area contributed by atoms with E-state index in [1.807, 2.05) is 0 Å². The minimum atomic E-state index is -0.863. The molecule has 2 aliphatic rings. The zero-order valence-corrected chi connectivity index (χ0v) is 11.9. The van der Waals surface area contributed by atoms with Crippen molar-refractivity contribution in [2.24, 2.45) is 0 Å². The van der Waals surface area contributed by atoms with Gasteiger partial charge in [-0.15, -0.1) is 0 Å². The fourth-order valence-electron chi connectivity index (χ4n) is 2.26. The average molecular weight is 308 g/mol. The van der Waals surface area contributed by atoms with Gasteiger partial charge >= 0.3 is 0 Å². The fourth-order valence-corrected chi connectivity index (χ4v) is 2.92. The highest BCUT2D eigenvalue weighted by molar-refractivity contribution is 8.18. The molecule has 1 aromatic rings. The van der Waals surface area contributed by atoms with E-state index in [0.29, 0.717) is 29.5 Å². The number of piperidine rings is 1. The van der Waals surface area contributed by atoms with Crippen LogP contribution in [-0.2, 0) is 4.79 Å². The number of aromatic nitrogens is 2. The molecular weight excluding hydrogens is 295 g/mol. The SMILES string of the molecule is O=C1NC(=O)/C(=C\c2ccnc(N3CCCC(F)C3)n2)S1. The molecule has 0 aliphatic carbocycles. The number of nitrogens with one attached hydrogen (secondary N) is 1. The van der Waals surface area contributed by atoms with Gasteiger partial charge in [0, 0.05) is 12.7 Å². The third-order valence-corrected chi connectivity index (χ3v) is 4.04. The normalized spacial score (nSPS) is 24.5. The number of amides is 2. The van der Waals surface area contributed by atoms with Crippen LogP contribution in [0, 0.1) is 0 Å². The van der Waals surface area contributed by atoms with Crippen molar-refractivity contribution < 1.29 is 14.0 Å². The number of carbonyl (C=O) groups excluding carboxylic acids is 2. The number of hydrogen-bond donors (Lipinski definition) is 1. The summed E-state index contributed by atoms with van der Waals surface area (Å²) in [4.78, 5) is 33.2. The van der Waals surface area contributed by atoms with E-state index in [1.165, 1.54) is 6.08 Å². The van der Waals surface area contributed by atoms with Gasteiger partial charge in [-0.2, -0.15) is 0 Å². The van der Waals surface area contributed by atoms with Crippen LogP contribution in [0.2, 0.25) is 0 Å². The number of carbonyl (C=O) groups is 2. The van der Waals surface area contributed by atoms with Gasteiger partial charge in [0.05, 0.1) is 17.1 Å². The Hall–Kier alpha value is -1.96. The minimum absolute atomic E-state index is 0.285. The van der Waals surface area contributed by atoms with Crippen molar-refractivity contribution in [3.05, 3.63) is 22.9 Å². The molecule has 2 fully saturated rings. The summed E-state index contributed by atoms with van der Waals surface area (Å²) in [5.74, 6) is 0.0217. The van der Waals surface area contributed by atoms with Gasteiger partial charge in [0.2, 0.25) is 5.95 Å². The van der Waals surface area contributed by atoms with Crippen LogP contribution < -0.4 is 10.2 Å². The van der Waals surface area contributed by atoms with Crippen LogP contribution in [0.25, 0.3) is 6.08 Å². The van der Waals surface area contributed by atoms with Crippen LogP contribution in [0.15, 0.2) is 17.2 Å². The Morgan fingerprint density at radius 2 is 2.33 bits per heavy atom. The van der Waals surface area contributed by atoms with Crippen molar-refractivity contribution in [1.82, 2.24) is 15.3 Å². The molecule has 0 aromatic carbocycles. The molecule has 8 heteroatoms. The zero-order valence-electron chi connectivity index (χ0n) is 11.1. The van der Waals surface area contributed by atoms with Crippen LogP contribution >= 0.6 is 11.8 Å². The molecule has 2 saturated heterocycles. The third-order valence-electron chi connectivity index (χ3n) is 3.23. The summed E-state index contributed by atoms with van der Waals surface area (Å²) in [6.07, 6.45) is 3.57. The molecular formula is C13H13FN4O2S. The van der Waals surface area contributed by atoms with Crippen molar-refractivity contribution in [1.29, 1.82) is 0 Å². The number of alkyl halides is 1. The van der Waals surface area contributed by atoms with E-state index >= 15 is 0 Å². The number of halogens is 1. The van der Waals surface area contributed by atoms with E-state index < -0.39 is 17.3 Å². The molecule has 21 heavy (non-hydrogen) atoms. The summed E-state index contributed by atoms with van der Waals surface area (Å²) in [5, 5.41) is 1.79. The summed E-state index contributed by atoms with van der Waals surface area (Å²) < 4.78 is 13.4. The largest absolute Gasteiger partial charge is 0.338 e. The summed E-state index contributed by atoms with van der Waals surface area (Å²) in [6, 6.07) is 1.64. The van der Waals surface area contributed by atoms with E-state index in [1.54, 1.807) is 17.2 Å². The Labute approximate surface area is 124 Å². The number of nitrogens with zero attached hydrogens (tertiary/aromatic N) is 3. The molecule has 3 heterocycles. The maximum absolute atomic E-state index is 13.4. The molecule has 2 aliphatic heterocycles. The molecule has 1 unspecified atom stereocenters. The zero-order chi connectivity index (χ0) is 14.8. The molecule has 0 saturated carbocycles. The van der Waals surface area contributed by atoms with Crippen LogP contribution in [0.4, 0.5) is 15.1 Å². The van der Waals surface area contributed by atoms with Gasteiger partial charge in [0.1, 0.15) is 6.17 Å². The molecule has 1 N–H and O–H groups in total. The van der Waals surface area contributed by atoms with Crippen molar-refractivity contribution in [3.8, 4) is 0 Å². The molecule has 0 bridgehead atoms. The Kier molecular flexibility index (Phi) is 3.87. The highest BCUT2D eigenvalue weighted by Gasteiger charge is 2.25. The molecule has 0 radical (unpaired) electrons. The summed E-state index contributed by atoms with van der Waals surface area (Å²) >= 11 is 0.838. The lowest BCUT2D eigenvalue weighted by Crippen LogP contribution is -2.37. The van der Waals surface area contributed by atoms with Gasteiger partial charge in [0.15, 0.2) is 0 Å². The monoisotopic (exact) mass is 308 g/mol. The average Bonchev–Trinajstić information content (AvgIpc) is 2.77. The van der Waals surface area contributed by atoms with Crippen LogP contribution in [-0.4, -0.2) is 40.4 Å². The van der Waals surface area contributed by atoms with E-state index in [-0.39, 0.29) is 6.54 Å². The lowest BCUT2D eigenvalue weighted by atomic mass is 10.1. The first-order valence-corrected chi connectivity index (χ1v) is 7.40. The molecule has 1 aromatic heterocycles. The second-order valence-electron chi connectivity index (χ2n) is 4.82. The predicted octanol–water partition coefficient (Wildman–Crippen LogP) is 1.74. The minimum Gasteiger partial charge on any atom is -0.338 e. The van der Waals surface area contributed by atoms with E-state index in [9.17, 15) is 14.0 Å². The van der Waals surface area contributed by atoms with Gasteiger partial charge in [0.25, 0.3) is 11.1 Å². The summed E-state index contributed by atoms with van der Waals surface area (Å²) in [6.45, 7) is 1.00. The van der Waals surface area contributed by atoms with Gasteiger partial charge in [-0.1, -0.05) is 0 Å². The number of anilines is 1. The lowest BCUT2D eigenvalue weighted by Gasteiger charge is -2.28. The molecule has 2 amide bonds. The first-order chi connectivity index (χ1) is 10.1. The van der Waals surface area contributed by atoms with Crippen molar-refractivity contribution in [2.75, 3.05) is 18.0 Å². The number of hydrogen-bond acceptors (Lipinski definition) is 6. The Bertz CT molecular complexity index is 622. The fraction of sp³-hybridized carbons (Fsp3) is 0.385. The molecule has 110 valence electrons. The first-order valence-electron chi connectivity index (χ1n) is 6.59. The topological polar surface area (TPSA) is 75.2 Å². The van der Waals surface area contributed by atoms with Crippen molar-refractivity contribution in [3.63, 3.8) is 0 Å². The highest BCUT2D eigenvalue weighted by Crippen LogP contribution is 2.25. The van der Waals surface area contributed by atoms with Gasteiger partial charge < -0.3 is 4.90 Å². The van der Waals surface area contributed by atoms with Crippen LogP contribution in [0.5, 0.6) is 0 Å². The second kappa shape index (κ2) is 5.80. The molecule has 6 nitrogen and oxygen atoms in total. The van der Waals surface area contributed by atoms with E-state index in [0.717, 1.165) is 18.2 Å². The summed E-state index contributed by atoms with van der Waals surface area (Å²) in [5.41, 5.74) is 0.522. The van der Waals surface area contributed by atoms with E-state index in [2.05, 4.69) is 15.3 Å². The van der Waals surface area contributed by atoms with Crippen molar-refractivity contribution >= 4 is 34.9 Å². The molecule has 3 rings (SSSR count).